The Morgan fingerprint density at radius 2 is 1.95 bits per heavy atom. The minimum absolute atomic E-state index is 0.642. The molecule has 6 heteroatoms. The van der Waals surface area contributed by atoms with Crippen LogP contribution < -0.4 is 10.1 Å². The van der Waals surface area contributed by atoms with E-state index in [1.54, 1.807) is 7.11 Å². The Hall–Kier alpha value is -0.590. The van der Waals surface area contributed by atoms with Crippen LogP contribution >= 0.6 is 47.8 Å². The summed E-state index contributed by atoms with van der Waals surface area (Å²) in [5.74, 6) is 0.785. The van der Waals surface area contributed by atoms with Gasteiger partial charge in [-0.15, -0.1) is 0 Å². The Morgan fingerprint density at radius 3 is 2.63 bits per heavy atom. The summed E-state index contributed by atoms with van der Waals surface area (Å²) in [5.41, 5.74) is 1.92. The molecule has 0 saturated carbocycles. The van der Waals surface area contributed by atoms with Gasteiger partial charge in [-0.05, 0) is 66.0 Å². The van der Waals surface area contributed by atoms with Crippen LogP contribution in [0.2, 0.25) is 0 Å². The van der Waals surface area contributed by atoms with Crippen molar-refractivity contribution in [1.29, 1.82) is 0 Å². The van der Waals surface area contributed by atoms with Crippen LogP contribution in [-0.4, -0.2) is 12.1 Å². The number of benzene rings is 1. The van der Waals surface area contributed by atoms with Crippen LogP contribution in [-0.2, 0) is 6.54 Å². The molecule has 0 saturated heterocycles. The minimum atomic E-state index is 0.642. The monoisotopic (exact) mass is 448 g/mol. The molecule has 100 valence electrons. The van der Waals surface area contributed by atoms with Crippen molar-refractivity contribution in [3.8, 4) is 5.75 Å². The number of rotatable bonds is 4. The quantitative estimate of drug-likeness (QED) is 0.666. The minimum Gasteiger partial charge on any atom is -0.495 e. The van der Waals surface area contributed by atoms with Gasteiger partial charge < -0.3 is 10.1 Å². The van der Waals surface area contributed by atoms with E-state index in [4.69, 9.17) is 4.74 Å². The molecule has 1 heterocycles. The maximum Gasteiger partial charge on any atom is 0.135 e. The first-order valence-corrected chi connectivity index (χ1v) is 7.86. The number of nitrogens with one attached hydrogen (secondary N) is 1. The summed E-state index contributed by atoms with van der Waals surface area (Å²) < 4.78 is 7.99. The third kappa shape index (κ3) is 3.94. The standard InChI is InChI=1S/C13H11Br3N2O/c1-19-12-6-11(9(14)5-10(12)15)17-7-8-3-2-4-13(16)18-8/h2-6,17H,7H2,1H3. The maximum absolute atomic E-state index is 5.28. The molecule has 2 aromatic rings. The summed E-state index contributed by atoms with van der Waals surface area (Å²) in [7, 11) is 1.65. The van der Waals surface area contributed by atoms with Gasteiger partial charge in [-0.3, -0.25) is 0 Å². The van der Waals surface area contributed by atoms with Gasteiger partial charge in [0, 0.05) is 10.5 Å². The van der Waals surface area contributed by atoms with Crippen molar-refractivity contribution >= 4 is 53.5 Å². The van der Waals surface area contributed by atoms with Gasteiger partial charge in [0.05, 0.1) is 29.5 Å². The normalized spacial score (nSPS) is 10.3. The van der Waals surface area contributed by atoms with Gasteiger partial charge in [-0.1, -0.05) is 6.07 Å². The van der Waals surface area contributed by atoms with Crippen LogP contribution in [0.15, 0.2) is 43.9 Å². The lowest BCUT2D eigenvalue weighted by Gasteiger charge is -2.11. The lowest BCUT2D eigenvalue weighted by molar-refractivity contribution is 0.412. The fraction of sp³-hybridized carbons (Fsp3) is 0.154. The molecule has 1 aromatic carbocycles. The van der Waals surface area contributed by atoms with Crippen molar-refractivity contribution in [3.05, 3.63) is 49.6 Å². The first-order chi connectivity index (χ1) is 9.10. The van der Waals surface area contributed by atoms with E-state index < -0.39 is 0 Å². The number of ether oxygens (including phenoxy) is 1. The van der Waals surface area contributed by atoms with Crippen molar-refractivity contribution in [2.75, 3.05) is 12.4 Å². The Morgan fingerprint density at radius 1 is 1.16 bits per heavy atom. The maximum atomic E-state index is 5.28. The molecule has 0 radical (unpaired) electrons. The average Bonchev–Trinajstić information content (AvgIpc) is 2.38. The zero-order valence-corrected chi connectivity index (χ0v) is 14.8. The van der Waals surface area contributed by atoms with E-state index >= 15 is 0 Å². The van der Waals surface area contributed by atoms with Crippen molar-refractivity contribution < 1.29 is 4.74 Å². The number of nitrogens with zero attached hydrogens (tertiary/aromatic N) is 1. The Balaban J connectivity index is 2.15. The molecule has 0 aliphatic carbocycles. The molecule has 3 nitrogen and oxygen atoms in total. The van der Waals surface area contributed by atoms with E-state index in [-0.39, 0.29) is 0 Å². The second-order valence-electron chi connectivity index (χ2n) is 3.77. The van der Waals surface area contributed by atoms with Crippen LogP contribution in [0.1, 0.15) is 5.69 Å². The fourth-order valence-electron chi connectivity index (χ4n) is 1.56. The predicted octanol–water partition coefficient (Wildman–Crippen LogP) is 4.99. The summed E-state index contributed by atoms with van der Waals surface area (Å²) in [5, 5.41) is 3.33. The zero-order chi connectivity index (χ0) is 13.8. The number of pyridine rings is 1. The topological polar surface area (TPSA) is 34.1 Å². The number of hydrogen-bond acceptors (Lipinski definition) is 3. The highest BCUT2D eigenvalue weighted by Gasteiger charge is 2.07. The van der Waals surface area contributed by atoms with Gasteiger partial charge >= 0.3 is 0 Å². The van der Waals surface area contributed by atoms with E-state index in [0.29, 0.717) is 6.54 Å². The highest BCUT2D eigenvalue weighted by molar-refractivity contribution is 9.11. The fourth-order valence-corrected chi connectivity index (χ4v) is 3.23. The van der Waals surface area contributed by atoms with Gasteiger partial charge in [0.25, 0.3) is 0 Å². The van der Waals surface area contributed by atoms with Crippen LogP contribution in [0.5, 0.6) is 5.75 Å². The van der Waals surface area contributed by atoms with Crippen molar-refractivity contribution in [2.45, 2.75) is 6.54 Å². The summed E-state index contributed by atoms with van der Waals surface area (Å²) >= 11 is 10.3. The first kappa shape index (κ1) is 14.8. The molecule has 1 N–H and O–H groups in total. The van der Waals surface area contributed by atoms with Crippen LogP contribution in [0, 0.1) is 0 Å². The average molecular weight is 451 g/mol. The second-order valence-corrected chi connectivity index (χ2v) is 6.29. The SMILES string of the molecule is COc1cc(NCc2cccc(Br)n2)c(Br)cc1Br. The third-order valence-electron chi connectivity index (χ3n) is 2.47. The molecule has 0 bridgehead atoms. The third-order valence-corrected chi connectivity index (χ3v) is 4.19. The lowest BCUT2D eigenvalue weighted by atomic mass is 10.3. The molecule has 0 spiro atoms. The van der Waals surface area contributed by atoms with Crippen LogP contribution in [0.4, 0.5) is 5.69 Å². The Bertz CT molecular complexity index is 590. The highest BCUT2D eigenvalue weighted by atomic mass is 79.9. The number of halogens is 3. The summed E-state index contributed by atoms with van der Waals surface area (Å²) in [6.07, 6.45) is 0. The second kappa shape index (κ2) is 6.72. The largest absolute Gasteiger partial charge is 0.495 e. The molecular formula is C13H11Br3N2O. The van der Waals surface area contributed by atoms with Gasteiger partial charge in [-0.25, -0.2) is 4.98 Å². The summed E-state index contributed by atoms with van der Waals surface area (Å²) in [6.45, 7) is 0.642. The van der Waals surface area contributed by atoms with Crippen molar-refractivity contribution in [3.63, 3.8) is 0 Å². The van der Waals surface area contributed by atoms with Gasteiger partial charge in [0.2, 0.25) is 0 Å². The van der Waals surface area contributed by atoms with E-state index in [1.165, 1.54) is 0 Å². The molecule has 1 aromatic heterocycles. The van der Waals surface area contributed by atoms with Crippen molar-refractivity contribution in [2.24, 2.45) is 0 Å². The number of anilines is 1. The summed E-state index contributed by atoms with van der Waals surface area (Å²) in [6, 6.07) is 9.73. The Labute approximate surface area is 137 Å². The number of aromatic nitrogens is 1. The van der Waals surface area contributed by atoms with E-state index in [9.17, 15) is 0 Å². The molecular weight excluding hydrogens is 440 g/mol. The van der Waals surface area contributed by atoms with Crippen LogP contribution in [0.3, 0.4) is 0 Å². The molecule has 19 heavy (non-hydrogen) atoms. The number of methoxy groups -OCH3 is 1. The Kier molecular flexibility index (Phi) is 5.24. The van der Waals surface area contributed by atoms with Crippen LogP contribution in [0.25, 0.3) is 0 Å². The van der Waals surface area contributed by atoms with Gasteiger partial charge in [-0.2, -0.15) is 0 Å². The number of hydrogen-bond donors (Lipinski definition) is 1. The molecule has 0 fully saturated rings. The predicted molar refractivity (Wildman–Crippen MR) is 87.7 cm³/mol. The molecule has 0 atom stereocenters. The molecule has 0 unspecified atom stereocenters. The van der Waals surface area contributed by atoms with E-state index in [1.807, 2.05) is 30.3 Å². The zero-order valence-electron chi connectivity index (χ0n) is 10.1. The first-order valence-electron chi connectivity index (χ1n) is 5.48. The molecule has 0 aliphatic rings. The van der Waals surface area contributed by atoms with Gasteiger partial charge in [0.15, 0.2) is 0 Å². The molecule has 0 amide bonds. The lowest BCUT2D eigenvalue weighted by Crippen LogP contribution is -2.02. The summed E-state index contributed by atoms with van der Waals surface area (Å²) in [4.78, 5) is 4.38. The molecule has 2 rings (SSSR count). The highest BCUT2D eigenvalue weighted by Crippen LogP contribution is 2.34. The van der Waals surface area contributed by atoms with E-state index in [0.717, 1.165) is 30.7 Å². The smallest absolute Gasteiger partial charge is 0.135 e. The molecule has 0 aliphatic heterocycles. The van der Waals surface area contributed by atoms with E-state index in [2.05, 4.69) is 58.1 Å². The van der Waals surface area contributed by atoms with Crippen molar-refractivity contribution in [1.82, 2.24) is 4.98 Å². The van der Waals surface area contributed by atoms with Gasteiger partial charge in [0.1, 0.15) is 10.4 Å².